The number of aromatic nitrogens is 3. The molecule has 2 aromatic rings. The summed E-state index contributed by atoms with van der Waals surface area (Å²) in [5, 5.41) is 12.6. The Hall–Kier alpha value is -1.40. The molecule has 2 aromatic heterocycles. The lowest BCUT2D eigenvalue weighted by molar-refractivity contribution is 0.429. The van der Waals surface area contributed by atoms with Gasteiger partial charge in [0, 0.05) is 19.7 Å². The van der Waals surface area contributed by atoms with E-state index in [0.717, 1.165) is 23.7 Å². The smallest absolute Gasteiger partial charge is 0.282 e. The van der Waals surface area contributed by atoms with Crippen molar-refractivity contribution in [2.45, 2.75) is 37.6 Å². The van der Waals surface area contributed by atoms with Crippen molar-refractivity contribution in [3.63, 3.8) is 0 Å². The maximum atomic E-state index is 5.37. The Balaban J connectivity index is 2.03. The van der Waals surface area contributed by atoms with Crippen LogP contribution in [0.15, 0.2) is 33.0 Å². The van der Waals surface area contributed by atoms with Crippen molar-refractivity contribution in [1.82, 2.24) is 20.5 Å². The van der Waals surface area contributed by atoms with Crippen LogP contribution in [0.4, 0.5) is 0 Å². The molecule has 0 unspecified atom stereocenters. The first-order chi connectivity index (χ1) is 9.15. The molecule has 2 heterocycles. The van der Waals surface area contributed by atoms with E-state index >= 15 is 0 Å². The Morgan fingerprint density at radius 3 is 2.89 bits per heavy atom. The molecule has 1 N–H and O–H groups in total. The van der Waals surface area contributed by atoms with Gasteiger partial charge in [-0.05, 0) is 35.9 Å². The summed E-state index contributed by atoms with van der Waals surface area (Å²) in [6.45, 7) is 7.93. The highest BCUT2D eigenvalue weighted by Gasteiger charge is 2.10. The average molecular weight is 278 g/mol. The minimum absolute atomic E-state index is 0.529. The first-order valence-electron chi connectivity index (χ1n) is 6.27. The van der Waals surface area contributed by atoms with Gasteiger partial charge < -0.3 is 9.73 Å². The van der Waals surface area contributed by atoms with Crippen LogP contribution >= 0.6 is 11.8 Å². The molecule has 0 atom stereocenters. The average Bonchev–Trinajstić information content (AvgIpc) is 2.77. The summed E-state index contributed by atoms with van der Waals surface area (Å²) in [4.78, 5) is 4.38. The highest BCUT2D eigenvalue weighted by Crippen LogP contribution is 2.27. The van der Waals surface area contributed by atoms with Crippen molar-refractivity contribution >= 4 is 11.8 Å². The third-order valence-electron chi connectivity index (χ3n) is 2.41. The molecule has 0 aliphatic heterocycles. The van der Waals surface area contributed by atoms with Crippen molar-refractivity contribution < 1.29 is 4.42 Å². The molecule has 102 valence electrons. The van der Waals surface area contributed by atoms with Crippen molar-refractivity contribution in [2.24, 2.45) is 5.92 Å². The summed E-state index contributed by atoms with van der Waals surface area (Å²) in [7, 11) is 0. The van der Waals surface area contributed by atoms with Gasteiger partial charge in [-0.25, -0.2) is 4.98 Å². The van der Waals surface area contributed by atoms with E-state index in [1.165, 1.54) is 11.8 Å². The fourth-order valence-corrected chi connectivity index (χ4v) is 2.34. The second-order valence-corrected chi connectivity index (χ2v) is 5.62. The molecule has 0 bridgehead atoms. The fraction of sp³-hybridized carbons (Fsp3) is 0.462. The molecular formula is C13H18N4OS. The summed E-state index contributed by atoms with van der Waals surface area (Å²) in [6.07, 6.45) is 1.78. The number of aryl methyl sites for hydroxylation is 1. The van der Waals surface area contributed by atoms with Gasteiger partial charge in [0.05, 0.1) is 0 Å². The van der Waals surface area contributed by atoms with Gasteiger partial charge in [-0.3, -0.25) is 0 Å². The van der Waals surface area contributed by atoms with E-state index in [-0.39, 0.29) is 0 Å². The van der Waals surface area contributed by atoms with Crippen LogP contribution in [0.2, 0.25) is 0 Å². The topological polar surface area (TPSA) is 63.8 Å². The molecular weight excluding hydrogens is 260 g/mol. The van der Waals surface area contributed by atoms with Crippen LogP contribution in [0.5, 0.6) is 0 Å². The number of hydrogen-bond acceptors (Lipinski definition) is 6. The van der Waals surface area contributed by atoms with Gasteiger partial charge in [0.25, 0.3) is 5.22 Å². The summed E-state index contributed by atoms with van der Waals surface area (Å²) < 4.78 is 5.37. The molecule has 0 aliphatic carbocycles. The molecule has 5 nitrogen and oxygen atoms in total. The van der Waals surface area contributed by atoms with Crippen LogP contribution in [-0.4, -0.2) is 21.7 Å². The third-order valence-corrected chi connectivity index (χ3v) is 3.31. The molecule has 0 saturated heterocycles. The van der Waals surface area contributed by atoms with Crippen molar-refractivity contribution in [2.75, 3.05) is 6.54 Å². The van der Waals surface area contributed by atoms with E-state index in [2.05, 4.69) is 40.4 Å². The lowest BCUT2D eigenvalue weighted by atomic mass is 10.2. The Morgan fingerprint density at radius 1 is 1.37 bits per heavy atom. The summed E-state index contributed by atoms with van der Waals surface area (Å²) >= 11 is 1.40. The van der Waals surface area contributed by atoms with E-state index in [4.69, 9.17) is 4.42 Å². The Morgan fingerprint density at radius 2 is 2.21 bits per heavy atom. The van der Waals surface area contributed by atoms with Gasteiger partial charge in [0.2, 0.25) is 5.89 Å². The highest BCUT2D eigenvalue weighted by atomic mass is 32.2. The van der Waals surface area contributed by atoms with Gasteiger partial charge in [-0.2, -0.15) is 0 Å². The van der Waals surface area contributed by atoms with E-state index in [0.29, 0.717) is 17.0 Å². The Kier molecular flexibility index (Phi) is 4.93. The van der Waals surface area contributed by atoms with Gasteiger partial charge >= 0.3 is 0 Å². The third kappa shape index (κ3) is 4.33. The molecule has 0 aliphatic rings. The maximum Gasteiger partial charge on any atom is 0.282 e. The maximum absolute atomic E-state index is 5.37. The summed E-state index contributed by atoms with van der Waals surface area (Å²) in [5.74, 6) is 1.20. The second-order valence-electron chi connectivity index (χ2n) is 4.68. The zero-order chi connectivity index (χ0) is 13.7. The molecule has 0 radical (unpaired) electrons. The standard InChI is InChI=1S/C13H18N4OS/c1-9(2)7-14-8-11-5-4-6-15-12(11)19-13-17-16-10(3)18-13/h4-6,9,14H,7-8H2,1-3H3. The van der Waals surface area contributed by atoms with Crippen LogP contribution < -0.4 is 5.32 Å². The quantitative estimate of drug-likeness (QED) is 0.876. The van der Waals surface area contributed by atoms with Crippen LogP contribution in [0.3, 0.4) is 0 Å². The molecule has 2 rings (SSSR count). The fourth-order valence-electron chi connectivity index (χ4n) is 1.55. The zero-order valence-corrected chi connectivity index (χ0v) is 12.2. The second kappa shape index (κ2) is 6.68. The first-order valence-corrected chi connectivity index (χ1v) is 7.09. The van der Waals surface area contributed by atoms with E-state index in [1.54, 1.807) is 13.1 Å². The Labute approximate surface area is 117 Å². The van der Waals surface area contributed by atoms with Crippen LogP contribution in [0, 0.1) is 12.8 Å². The van der Waals surface area contributed by atoms with Crippen molar-refractivity contribution in [3.8, 4) is 0 Å². The number of pyridine rings is 1. The highest BCUT2D eigenvalue weighted by molar-refractivity contribution is 7.99. The summed E-state index contributed by atoms with van der Waals surface area (Å²) in [6, 6.07) is 4.00. The number of nitrogens with zero attached hydrogens (tertiary/aromatic N) is 3. The largest absolute Gasteiger partial charge is 0.416 e. The monoisotopic (exact) mass is 278 g/mol. The minimum atomic E-state index is 0.529. The van der Waals surface area contributed by atoms with Crippen LogP contribution in [-0.2, 0) is 6.54 Å². The van der Waals surface area contributed by atoms with Crippen molar-refractivity contribution in [1.29, 1.82) is 0 Å². The van der Waals surface area contributed by atoms with Gasteiger partial charge in [0.1, 0.15) is 5.03 Å². The predicted octanol–water partition coefficient (Wildman–Crippen LogP) is 2.67. The molecule has 0 amide bonds. The lowest BCUT2D eigenvalue weighted by Crippen LogP contribution is -2.19. The van der Waals surface area contributed by atoms with Gasteiger partial charge in [0.15, 0.2) is 0 Å². The van der Waals surface area contributed by atoms with E-state index in [1.807, 2.05) is 6.07 Å². The van der Waals surface area contributed by atoms with Gasteiger partial charge in [-0.1, -0.05) is 19.9 Å². The SMILES string of the molecule is Cc1nnc(Sc2ncccc2CNCC(C)C)o1. The summed E-state index contributed by atoms with van der Waals surface area (Å²) in [5.41, 5.74) is 1.14. The number of hydrogen-bond donors (Lipinski definition) is 1. The van der Waals surface area contributed by atoms with Crippen LogP contribution in [0.1, 0.15) is 25.3 Å². The van der Waals surface area contributed by atoms with Crippen LogP contribution in [0.25, 0.3) is 0 Å². The van der Waals surface area contributed by atoms with E-state index < -0.39 is 0 Å². The molecule has 6 heteroatoms. The number of rotatable bonds is 6. The molecule has 0 spiro atoms. The minimum Gasteiger partial charge on any atom is -0.416 e. The molecule has 0 saturated carbocycles. The normalized spacial score (nSPS) is 11.2. The molecule has 19 heavy (non-hydrogen) atoms. The molecule has 0 fully saturated rings. The lowest BCUT2D eigenvalue weighted by Gasteiger charge is -2.09. The predicted molar refractivity (Wildman–Crippen MR) is 73.9 cm³/mol. The Bertz CT molecular complexity index is 527. The number of nitrogens with one attached hydrogen (secondary N) is 1. The van der Waals surface area contributed by atoms with E-state index in [9.17, 15) is 0 Å². The van der Waals surface area contributed by atoms with Crippen molar-refractivity contribution in [3.05, 3.63) is 29.8 Å². The zero-order valence-electron chi connectivity index (χ0n) is 11.4. The van der Waals surface area contributed by atoms with Gasteiger partial charge in [-0.15, -0.1) is 10.2 Å². The molecule has 0 aromatic carbocycles. The first kappa shape index (κ1) is 14.0.